The number of carbonyl (C=O) groups excluding carboxylic acids is 3. The van der Waals surface area contributed by atoms with E-state index in [0.29, 0.717) is 5.56 Å². The molecule has 0 fully saturated rings. The van der Waals surface area contributed by atoms with Crippen LogP contribution in [0.2, 0.25) is 0 Å². The summed E-state index contributed by atoms with van der Waals surface area (Å²) in [6.07, 6.45) is 0.991. The molecule has 6 nitrogen and oxygen atoms in total. The monoisotopic (exact) mass is 378 g/mol. The molecule has 2 aromatic carbocycles. The highest BCUT2D eigenvalue weighted by Crippen LogP contribution is 2.20. The van der Waals surface area contributed by atoms with Gasteiger partial charge in [-0.1, -0.05) is 48.5 Å². The molecule has 0 aliphatic carbocycles. The molecule has 1 aromatic heterocycles. The highest BCUT2D eigenvalue weighted by atomic mass is 16.5. The maximum absolute atomic E-state index is 12.6. The summed E-state index contributed by atoms with van der Waals surface area (Å²) in [5.41, 5.74) is 2.25. The first-order chi connectivity index (χ1) is 13.5. The summed E-state index contributed by atoms with van der Waals surface area (Å²) in [6, 6.07) is 16.8. The van der Waals surface area contributed by atoms with Gasteiger partial charge >= 0.3 is 5.97 Å². The third-order valence-corrected chi connectivity index (χ3v) is 4.39. The first-order valence-electron chi connectivity index (χ1n) is 9.15. The minimum atomic E-state index is -0.897. The lowest BCUT2D eigenvalue weighted by Gasteiger charge is -2.12. The van der Waals surface area contributed by atoms with Gasteiger partial charge in [0.15, 0.2) is 6.10 Å². The van der Waals surface area contributed by atoms with Crippen LogP contribution in [0, 0.1) is 0 Å². The van der Waals surface area contributed by atoms with Crippen molar-refractivity contribution in [2.24, 2.45) is 0 Å². The van der Waals surface area contributed by atoms with Crippen LogP contribution in [0.4, 0.5) is 0 Å². The average Bonchev–Trinajstić information content (AvgIpc) is 3.12. The number of ether oxygens (including phenoxy) is 1. The van der Waals surface area contributed by atoms with Gasteiger partial charge in [-0.05, 0) is 18.6 Å². The number of benzene rings is 2. The van der Waals surface area contributed by atoms with Crippen LogP contribution >= 0.6 is 0 Å². The Morgan fingerprint density at radius 3 is 2.54 bits per heavy atom. The number of esters is 1. The van der Waals surface area contributed by atoms with Crippen LogP contribution in [0.25, 0.3) is 10.9 Å². The van der Waals surface area contributed by atoms with Crippen LogP contribution in [-0.4, -0.2) is 35.3 Å². The van der Waals surface area contributed by atoms with E-state index in [0.717, 1.165) is 16.5 Å². The molecule has 0 saturated carbocycles. The molecule has 0 saturated heterocycles. The summed E-state index contributed by atoms with van der Waals surface area (Å²) in [5, 5.41) is 3.48. The van der Waals surface area contributed by atoms with Crippen molar-refractivity contribution in [1.29, 1.82) is 0 Å². The predicted octanol–water partition coefficient (Wildman–Crippen LogP) is 3.03. The van der Waals surface area contributed by atoms with E-state index in [9.17, 15) is 14.4 Å². The van der Waals surface area contributed by atoms with Gasteiger partial charge in [-0.15, -0.1) is 0 Å². The molecule has 3 rings (SSSR count). The van der Waals surface area contributed by atoms with Crippen LogP contribution in [0.3, 0.4) is 0 Å². The number of hydrogen-bond acceptors (Lipinski definition) is 4. The normalized spacial score (nSPS) is 11.8. The molecule has 0 aliphatic heterocycles. The first kappa shape index (κ1) is 19.4. The highest BCUT2D eigenvalue weighted by Gasteiger charge is 2.22. The topological polar surface area (TPSA) is 88.3 Å². The second-order valence-electron chi connectivity index (χ2n) is 6.51. The van der Waals surface area contributed by atoms with E-state index in [1.807, 2.05) is 54.6 Å². The Bertz CT molecular complexity index is 978. The molecule has 0 aliphatic rings. The van der Waals surface area contributed by atoms with Gasteiger partial charge in [0.1, 0.15) is 0 Å². The number of carbonyl (C=O) groups is 3. The molecule has 3 aromatic rings. The summed E-state index contributed by atoms with van der Waals surface area (Å²) >= 11 is 0. The largest absolute Gasteiger partial charge is 0.454 e. The Labute approximate surface area is 162 Å². The van der Waals surface area contributed by atoms with E-state index in [1.165, 1.54) is 0 Å². The lowest BCUT2D eigenvalue weighted by molar-refractivity contribution is -0.146. The molecule has 1 heterocycles. The minimum Gasteiger partial charge on any atom is -0.454 e. The number of H-pyrrole nitrogens is 1. The van der Waals surface area contributed by atoms with Crippen molar-refractivity contribution < 1.29 is 19.1 Å². The Hall–Kier alpha value is -3.41. The van der Waals surface area contributed by atoms with Gasteiger partial charge in [-0.25, -0.2) is 0 Å². The van der Waals surface area contributed by atoms with E-state index < -0.39 is 12.1 Å². The van der Waals surface area contributed by atoms with Gasteiger partial charge in [0.05, 0.1) is 12.8 Å². The van der Waals surface area contributed by atoms with Gasteiger partial charge < -0.3 is 15.0 Å². The van der Waals surface area contributed by atoms with Crippen LogP contribution in [0.15, 0.2) is 60.8 Å². The number of hydrogen-bond donors (Lipinski definition) is 2. The SMILES string of the molecule is C[C@@H](OC(=O)CCNC(=O)Cc1ccccc1)C(=O)c1c[nH]c2ccccc12. The number of aromatic nitrogens is 1. The molecule has 28 heavy (non-hydrogen) atoms. The Kier molecular flexibility index (Phi) is 6.22. The standard InChI is InChI=1S/C22H22N2O4/c1-15(22(27)18-14-24-19-10-6-5-9-17(18)19)28-21(26)11-12-23-20(25)13-16-7-3-2-4-8-16/h2-10,14-15,24H,11-13H2,1H3,(H,23,25)/t15-/m1/s1. The van der Waals surface area contributed by atoms with Crippen molar-refractivity contribution in [2.45, 2.75) is 25.9 Å². The van der Waals surface area contributed by atoms with Gasteiger partial charge in [0.2, 0.25) is 11.7 Å². The fraction of sp³-hybridized carbons (Fsp3) is 0.227. The Balaban J connectivity index is 1.45. The summed E-state index contributed by atoms with van der Waals surface area (Å²) in [4.78, 5) is 39.5. The number of rotatable bonds is 8. The van der Waals surface area contributed by atoms with Crippen molar-refractivity contribution in [3.8, 4) is 0 Å². The molecule has 1 amide bonds. The smallest absolute Gasteiger partial charge is 0.308 e. The van der Waals surface area contributed by atoms with Gasteiger partial charge in [-0.3, -0.25) is 14.4 Å². The van der Waals surface area contributed by atoms with Crippen molar-refractivity contribution in [3.63, 3.8) is 0 Å². The van der Waals surface area contributed by atoms with Crippen LogP contribution < -0.4 is 5.32 Å². The summed E-state index contributed by atoms with van der Waals surface area (Å²) in [7, 11) is 0. The number of fused-ring (bicyclic) bond motifs is 1. The van der Waals surface area contributed by atoms with E-state index in [1.54, 1.807) is 13.1 Å². The highest BCUT2D eigenvalue weighted by molar-refractivity contribution is 6.10. The third-order valence-electron chi connectivity index (χ3n) is 4.39. The van der Waals surface area contributed by atoms with Crippen molar-refractivity contribution in [2.75, 3.05) is 6.54 Å². The Morgan fingerprint density at radius 2 is 1.75 bits per heavy atom. The molecule has 0 unspecified atom stereocenters. The zero-order valence-corrected chi connectivity index (χ0v) is 15.6. The number of ketones is 1. The number of para-hydroxylation sites is 1. The average molecular weight is 378 g/mol. The number of amides is 1. The minimum absolute atomic E-state index is 0.00599. The molecular formula is C22H22N2O4. The first-order valence-corrected chi connectivity index (χ1v) is 9.15. The Morgan fingerprint density at radius 1 is 1.04 bits per heavy atom. The molecule has 144 valence electrons. The number of Topliss-reactive ketones (excluding diaryl/α,β-unsaturated/α-hetero) is 1. The maximum Gasteiger partial charge on any atom is 0.308 e. The van der Waals surface area contributed by atoms with E-state index in [-0.39, 0.29) is 31.1 Å². The zero-order chi connectivity index (χ0) is 19.9. The molecule has 0 spiro atoms. The lowest BCUT2D eigenvalue weighted by Crippen LogP contribution is -2.30. The lowest BCUT2D eigenvalue weighted by atomic mass is 10.1. The molecule has 6 heteroatoms. The van der Waals surface area contributed by atoms with E-state index >= 15 is 0 Å². The van der Waals surface area contributed by atoms with Crippen LogP contribution in [0.5, 0.6) is 0 Å². The zero-order valence-electron chi connectivity index (χ0n) is 15.6. The number of nitrogens with one attached hydrogen (secondary N) is 2. The fourth-order valence-electron chi connectivity index (χ4n) is 2.95. The third kappa shape index (κ3) is 4.85. The molecule has 0 bridgehead atoms. The van der Waals surface area contributed by atoms with Crippen LogP contribution in [0.1, 0.15) is 29.3 Å². The van der Waals surface area contributed by atoms with Crippen molar-refractivity contribution >= 4 is 28.6 Å². The molecule has 1 atom stereocenters. The summed E-state index contributed by atoms with van der Waals surface area (Å²) in [5.74, 6) is -0.957. The van der Waals surface area contributed by atoms with Gasteiger partial charge in [0.25, 0.3) is 0 Å². The number of aromatic amines is 1. The van der Waals surface area contributed by atoms with Crippen molar-refractivity contribution in [1.82, 2.24) is 10.3 Å². The van der Waals surface area contributed by atoms with Gasteiger partial charge in [0, 0.05) is 29.2 Å². The summed E-state index contributed by atoms with van der Waals surface area (Å²) < 4.78 is 5.23. The van der Waals surface area contributed by atoms with E-state index in [4.69, 9.17) is 4.74 Å². The van der Waals surface area contributed by atoms with Crippen LogP contribution in [-0.2, 0) is 20.7 Å². The summed E-state index contributed by atoms with van der Waals surface area (Å²) in [6.45, 7) is 1.72. The molecular weight excluding hydrogens is 356 g/mol. The van der Waals surface area contributed by atoms with Gasteiger partial charge in [-0.2, -0.15) is 0 Å². The van der Waals surface area contributed by atoms with Crippen molar-refractivity contribution in [3.05, 3.63) is 71.9 Å². The second-order valence-corrected chi connectivity index (χ2v) is 6.51. The second kappa shape index (κ2) is 8.99. The quantitative estimate of drug-likeness (QED) is 0.466. The maximum atomic E-state index is 12.6. The predicted molar refractivity (Wildman–Crippen MR) is 106 cm³/mol. The molecule has 0 radical (unpaired) electrons. The molecule has 2 N–H and O–H groups in total. The fourth-order valence-corrected chi connectivity index (χ4v) is 2.95. The van der Waals surface area contributed by atoms with E-state index in [2.05, 4.69) is 10.3 Å².